The van der Waals surface area contributed by atoms with Crippen molar-refractivity contribution in [1.29, 1.82) is 0 Å². The van der Waals surface area contributed by atoms with Crippen LogP contribution < -0.4 is 4.90 Å². The van der Waals surface area contributed by atoms with Crippen molar-refractivity contribution in [3.8, 4) is 0 Å². The molecule has 22 heavy (non-hydrogen) atoms. The largest absolute Gasteiger partial charge is 0.416 e. The number of hydrogen-bond acceptors (Lipinski definition) is 1. The summed E-state index contributed by atoms with van der Waals surface area (Å²) in [7, 11) is 0. The summed E-state index contributed by atoms with van der Waals surface area (Å²) in [5, 5.41) is 0. The van der Waals surface area contributed by atoms with Gasteiger partial charge in [0.25, 0.3) is 0 Å². The lowest BCUT2D eigenvalue weighted by Gasteiger charge is -2.39. The normalized spacial score (nSPS) is 24.5. The average Bonchev–Trinajstić information content (AvgIpc) is 2.55. The van der Waals surface area contributed by atoms with Crippen molar-refractivity contribution in [1.82, 2.24) is 0 Å². The number of halogens is 3. The van der Waals surface area contributed by atoms with E-state index in [0.29, 0.717) is 0 Å². The number of alkyl halides is 3. The first-order valence-electron chi connectivity index (χ1n) is 8.46. The molecule has 1 saturated heterocycles. The van der Waals surface area contributed by atoms with E-state index >= 15 is 0 Å². The Hall–Kier alpha value is -1.19. The van der Waals surface area contributed by atoms with Crippen LogP contribution in [-0.2, 0) is 6.18 Å². The number of nitrogens with zero attached hydrogens (tertiary/aromatic N) is 1. The van der Waals surface area contributed by atoms with Crippen LogP contribution in [0.1, 0.15) is 50.5 Å². The molecule has 0 N–H and O–H groups in total. The van der Waals surface area contributed by atoms with Crippen LogP contribution in [0.3, 0.4) is 0 Å². The first kappa shape index (κ1) is 15.7. The Balaban J connectivity index is 1.66. The molecule has 0 aromatic heterocycles. The van der Waals surface area contributed by atoms with Crippen molar-refractivity contribution < 1.29 is 13.2 Å². The fraction of sp³-hybridized carbons (Fsp3) is 0.667. The highest BCUT2D eigenvalue weighted by molar-refractivity contribution is 5.48. The number of benzene rings is 1. The van der Waals surface area contributed by atoms with Gasteiger partial charge in [0, 0.05) is 18.8 Å². The summed E-state index contributed by atoms with van der Waals surface area (Å²) >= 11 is 0. The van der Waals surface area contributed by atoms with Gasteiger partial charge in [-0.1, -0.05) is 32.1 Å². The van der Waals surface area contributed by atoms with Gasteiger partial charge in [0.05, 0.1) is 5.56 Å². The van der Waals surface area contributed by atoms with Crippen LogP contribution >= 0.6 is 0 Å². The number of piperidine rings is 1. The topological polar surface area (TPSA) is 3.24 Å². The Morgan fingerprint density at radius 2 is 1.45 bits per heavy atom. The van der Waals surface area contributed by atoms with E-state index in [2.05, 4.69) is 4.90 Å². The summed E-state index contributed by atoms with van der Waals surface area (Å²) in [6.45, 7) is 1.98. The van der Waals surface area contributed by atoms with Gasteiger partial charge < -0.3 is 4.90 Å². The molecule has 0 spiro atoms. The Bertz CT molecular complexity index is 474. The van der Waals surface area contributed by atoms with Crippen molar-refractivity contribution in [2.45, 2.75) is 51.1 Å². The Morgan fingerprint density at radius 3 is 2.09 bits per heavy atom. The molecule has 1 aliphatic carbocycles. The highest BCUT2D eigenvalue weighted by Crippen LogP contribution is 2.36. The van der Waals surface area contributed by atoms with Crippen LogP contribution in [0.2, 0.25) is 0 Å². The zero-order chi connectivity index (χ0) is 15.6. The third-order valence-electron chi connectivity index (χ3n) is 5.33. The fourth-order valence-electron chi connectivity index (χ4n) is 4.10. The standard InChI is InChI=1S/C18H24F3N/c19-18(20,21)16-8-10-17(11-9-16)22-12-4-7-15(13-22)14-5-2-1-3-6-14/h8-11,14-15H,1-7,12-13H2/t15-/m1/s1. The zero-order valence-corrected chi connectivity index (χ0v) is 12.9. The van der Waals surface area contributed by atoms with Crippen LogP contribution in [0.4, 0.5) is 18.9 Å². The molecule has 1 aliphatic heterocycles. The molecule has 0 unspecified atom stereocenters. The van der Waals surface area contributed by atoms with Crippen LogP contribution in [0.15, 0.2) is 24.3 Å². The predicted octanol–water partition coefficient (Wildman–Crippen LogP) is 5.50. The lowest BCUT2D eigenvalue weighted by molar-refractivity contribution is -0.137. The van der Waals surface area contributed by atoms with E-state index in [1.807, 2.05) is 0 Å². The minimum absolute atomic E-state index is 0.558. The van der Waals surface area contributed by atoms with E-state index < -0.39 is 11.7 Å². The summed E-state index contributed by atoms with van der Waals surface area (Å²) in [6, 6.07) is 5.68. The van der Waals surface area contributed by atoms with Gasteiger partial charge in [-0.15, -0.1) is 0 Å². The molecule has 1 aromatic rings. The minimum Gasteiger partial charge on any atom is -0.371 e. The molecule has 0 bridgehead atoms. The van der Waals surface area contributed by atoms with E-state index in [4.69, 9.17) is 0 Å². The van der Waals surface area contributed by atoms with Gasteiger partial charge in [-0.25, -0.2) is 0 Å². The molecule has 1 saturated carbocycles. The molecule has 1 heterocycles. The predicted molar refractivity (Wildman–Crippen MR) is 83.0 cm³/mol. The maximum atomic E-state index is 12.7. The maximum absolute atomic E-state index is 12.7. The van der Waals surface area contributed by atoms with E-state index in [-0.39, 0.29) is 0 Å². The molecule has 1 atom stereocenters. The molecule has 4 heteroatoms. The average molecular weight is 311 g/mol. The monoisotopic (exact) mass is 311 g/mol. The molecular weight excluding hydrogens is 287 g/mol. The van der Waals surface area contributed by atoms with Gasteiger partial charge in [0.1, 0.15) is 0 Å². The van der Waals surface area contributed by atoms with E-state index in [9.17, 15) is 13.2 Å². The zero-order valence-electron chi connectivity index (χ0n) is 12.9. The van der Waals surface area contributed by atoms with Crippen LogP contribution in [0, 0.1) is 11.8 Å². The minimum atomic E-state index is -4.24. The van der Waals surface area contributed by atoms with Gasteiger partial charge in [-0.3, -0.25) is 0 Å². The number of rotatable bonds is 2. The van der Waals surface area contributed by atoms with Gasteiger partial charge >= 0.3 is 6.18 Å². The van der Waals surface area contributed by atoms with Crippen LogP contribution in [0.25, 0.3) is 0 Å². The van der Waals surface area contributed by atoms with E-state index in [1.165, 1.54) is 50.7 Å². The highest BCUT2D eigenvalue weighted by Gasteiger charge is 2.31. The van der Waals surface area contributed by atoms with Crippen molar-refractivity contribution in [2.24, 2.45) is 11.8 Å². The smallest absolute Gasteiger partial charge is 0.371 e. The van der Waals surface area contributed by atoms with Crippen molar-refractivity contribution in [2.75, 3.05) is 18.0 Å². The van der Waals surface area contributed by atoms with Gasteiger partial charge in [0.2, 0.25) is 0 Å². The third-order valence-corrected chi connectivity index (χ3v) is 5.33. The second-order valence-corrected chi connectivity index (χ2v) is 6.79. The van der Waals surface area contributed by atoms with Gasteiger partial charge in [0.15, 0.2) is 0 Å². The van der Waals surface area contributed by atoms with Gasteiger partial charge in [-0.2, -0.15) is 13.2 Å². The molecule has 122 valence electrons. The van der Waals surface area contributed by atoms with Crippen molar-refractivity contribution in [3.63, 3.8) is 0 Å². The Kier molecular flexibility index (Phi) is 4.65. The van der Waals surface area contributed by atoms with Crippen LogP contribution in [-0.4, -0.2) is 13.1 Å². The van der Waals surface area contributed by atoms with E-state index in [0.717, 1.165) is 37.0 Å². The quantitative estimate of drug-likeness (QED) is 0.697. The molecule has 0 radical (unpaired) electrons. The summed E-state index contributed by atoms with van der Waals surface area (Å²) in [4.78, 5) is 2.28. The lowest BCUT2D eigenvalue weighted by atomic mass is 9.76. The maximum Gasteiger partial charge on any atom is 0.416 e. The fourth-order valence-corrected chi connectivity index (χ4v) is 4.10. The molecule has 1 aromatic carbocycles. The molecule has 1 nitrogen and oxygen atoms in total. The van der Waals surface area contributed by atoms with E-state index in [1.54, 1.807) is 12.1 Å². The Morgan fingerprint density at radius 1 is 0.818 bits per heavy atom. The molecular formula is C18H24F3N. The summed E-state index contributed by atoms with van der Waals surface area (Å²) in [6.07, 6.45) is 4.93. The van der Waals surface area contributed by atoms with Crippen molar-refractivity contribution >= 4 is 5.69 Å². The summed E-state index contributed by atoms with van der Waals surface area (Å²) in [5.41, 5.74) is 0.380. The highest BCUT2D eigenvalue weighted by atomic mass is 19.4. The second kappa shape index (κ2) is 6.51. The Labute approximate surface area is 130 Å². The molecule has 2 aliphatic rings. The molecule has 3 rings (SSSR count). The second-order valence-electron chi connectivity index (χ2n) is 6.79. The third kappa shape index (κ3) is 3.58. The SMILES string of the molecule is FC(F)(F)c1ccc(N2CCC[C@@H](C3CCCCC3)C2)cc1. The van der Waals surface area contributed by atoms with Gasteiger partial charge in [-0.05, 0) is 48.9 Å². The number of hydrogen-bond donors (Lipinski definition) is 0. The van der Waals surface area contributed by atoms with Crippen LogP contribution in [0.5, 0.6) is 0 Å². The molecule has 0 amide bonds. The first-order valence-corrected chi connectivity index (χ1v) is 8.46. The van der Waals surface area contributed by atoms with Crippen molar-refractivity contribution in [3.05, 3.63) is 29.8 Å². The number of anilines is 1. The summed E-state index contributed by atoms with van der Waals surface area (Å²) < 4.78 is 38.0. The summed E-state index contributed by atoms with van der Waals surface area (Å²) in [5.74, 6) is 1.54. The first-order chi connectivity index (χ1) is 10.5. The molecule has 2 fully saturated rings. The lowest BCUT2D eigenvalue weighted by Crippen LogP contribution is -2.39.